The molecule has 3 N–H and O–H groups in total. The molecular weight excluding hydrogens is 320 g/mol. The molecule has 1 saturated heterocycles. The van der Waals surface area contributed by atoms with E-state index in [2.05, 4.69) is 46.9 Å². The third-order valence-electron chi connectivity index (χ3n) is 4.47. The third-order valence-corrected chi connectivity index (χ3v) is 5.27. The molecule has 5 nitrogen and oxygen atoms in total. The van der Waals surface area contributed by atoms with E-state index in [0.717, 1.165) is 18.8 Å². The first-order valence-electron chi connectivity index (χ1n) is 8.53. The van der Waals surface area contributed by atoms with Crippen LogP contribution < -0.4 is 15.1 Å². The summed E-state index contributed by atoms with van der Waals surface area (Å²) in [5.74, 6) is -0.0587. The number of aryl methyl sites for hydroxylation is 1. The van der Waals surface area contributed by atoms with Gasteiger partial charge in [0.2, 0.25) is 5.91 Å². The zero-order valence-electron chi connectivity index (χ0n) is 14.4. The molecule has 2 aromatic rings. The first-order valence-corrected chi connectivity index (χ1v) is 9.41. The molecule has 0 bridgehead atoms. The van der Waals surface area contributed by atoms with Crippen LogP contribution >= 0.6 is 11.3 Å². The number of nitrogens with zero attached hydrogens (tertiary/aromatic N) is 1. The van der Waals surface area contributed by atoms with Crippen LogP contribution in [-0.2, 0) is 17.9 Å². The Balaban J connectivity index is 1.46. The maximum Gasteiger partial charge on any atom is 0.223 e. The minimum absolute atomic E-state index is 0.0587. The number of thiazole rings is 1. The SMILES string of the molecule is CC(=O)Nc1nc(C[NH+]2CC[NH+](Cc3cccc(C)c3)CC2)cs1. The van der Waals surface area contributed by atoms with E-state index in [4.69, 9.17) is 0 Å². The fraction of sp³-hybridized carbons (Fsp3) is 0.444. The Kier molecular flexibility index (Phi) is 5.60. The number of carbonyl (C=O) groups excluding carboxylic acids is 1. The van der Waals surface area contributed by atoms with Gasteiger partial charge in [-0.1, -0.05) is 29.8 Å². The largest absolute Gasteiger partial charge is 0.322 e. The summed E-state index contributed by atoms with van der Waals surface area (Å²) in [5.41, 5.74) is 3.86. The lowest BCUT2D eigenvalue weighted by atomic mass is 10.1. The summed E-state index contributed by atoms with van der Waals surface area (Å²) in [6.07, 6.45) is 0. The van der Waals surface area contributed by atoms with Crippen LogP contribution in [0.2, 0.25) is 0 Å². The van der Waals surface area contributed by atoms with Crippen LogP contribution in [-0.4, -0.2) is 37.1 Å². The van der Waals surface area contributed by atoms with Crippen LogP contribution in [0, 0.1) is 6.92 Å². The number of piperazine rings is 1. The third kappa shape index (κ3) is 4.87. The quantitative estimate of drug-likeness (QED) is 0.708. The molecule has 0 unspecified atom stereocenters. The second kappa shape index (κ2) is 7.88. The summed E-state index contributed by atoms with van der Waals surface area (Å²) in [7, 11) is 0. The predicted octanol–water partition coefficient (Wildman–Crippen LogP) is -0.106. The van der Waals surface area contributed by atoms with Crippen molar-refractivity contribution in [1.82, 2.24) is 4.98 Å². The van der Waals surface area contributed by atoms with Crippen molar-refractivity contribution in [1.29, 1.82) is 0 Å². The summed E-state index contributed by atoms with van der Waals surface area (Å²) in [6, 6.07) is 8.84. The van der Waals surface area contributed by atoms with Crippen molar-refractivity contribution in [3.05, 3.63) is 46.5 Å². The van der Waals surface area contributed by atoms with E-state index < -0.39 is 0 Å². The number of hydrogen-bond donors (Lipinski definition) is 3. The molecule has 1 aliphatic rings. The van der Waals surface area contributed by atoms with Crippen molar-refractivity contribution in [3.63, 3.8) is 0 Å². The molecule has 1 aromatic carbocycles. The highest BCUT2D eigenvalue weighted by Crippen LogP contribution is 2.14. The van der Waals surface area contributed by atoms with Gasteiger partial charge in [0.25, 0.3) is 0 Å². The Bertz CT molecular complexity index is 692. The highest BCUT2D eigenvalue weighted by Gasteiger charge is 2.23. The van der Waals surface area contributed by atoms with Crippen molar-refractivity contribution >= 4 is 22.4 Å². The molecule has 1 fully saturated rings. The summed E-state index contributed by atoms with van der Waals surface area (Å²) in [4.78, 5) is 18.8. The van der Waals surface area contributed by atoms with E-state index in [-0.39, 0.29) is 5.91 Å². The van der Waals surface area contributed by atoms with Crippen LogP contribution in [0.25, 0.3) is 0 Å². The molecule has 1 aromatic heterocycles. The summed E-state index contributed by atoms with van der Waals surface area (Å²) in [6.45, 7) is 10.5. The van der Waals surface area contributed by atoms with Crippen molar-refractivity contribution < 1.29 is 14.6 Å². The topological polar surface area (TPSA) is 50.9 Å². The van der Waals surface area contributed by atoms with Crippen LogP contribution in [0.15, 0.2) is 29.6 Å². The number of aromatic nitrogens is 1. The second-order valence-electron chi connectivity index (χ2n) is 6.67. The maximum absolute atomic E-state index is 11.1. The fourth-order valence-corrected chi connectivity index (χ4v) is 4.03. The Labute approximate surface area is 147 Å². The van der Waals surface area contributed by atoms with Crippen molar-refractivity contribution in [2.75, 3.05) is 31.5 Å². The number of benzene rings is 1. The van der Waals surface area contributed by atoms with Gasteiger partial charge in [-0.25, -0.2) is 4.98 Å². The smallest absolute Gasteiger partial charge is 0.223 e. The number of nitrogens with one attached hydrogen (secondary N) is 3. The van der Waals surface area contributed by atoms with Crippen LogP contribution in [0.5, 0.6) is 0 Å². The molecule has 24 heavy (non-hydrogen) atoms. The lowest BCUT2D eigenvalue weighted by molar-refractivity contribution is -1.02. The van der Waals surface area contributed by atoms with E-state index >= 15 is 0 Å². The van der Waals surface area contributed by atoms with E-state index in [1.54, 1.807) is 9.80 Å². The molecule has 0 spiro atoms. The van der Waals surface area contributed by atoms with Crippen LogP contribution in [0.1, 0.15) is 23.7 Å². The van der Waals surface area contributed by atoms with Gasteiger partial charge in [-0.15, -0.1) is 11.3 Å². The first-order chi connectivity index (χ1) is 11.6. The van der Waals surface area contributed by atoms with Crippen LogP contribution in [0.3, 0.4) is 0 Å². The van der Waals surface area contributed by atoms with E-state index in [1.807, 2.05) is 0 Å². The summed E-state index contributed by atoms with van der Waals surface area (Å²) in [5, 5.41) is 5.53. The molecular formula is C18H26N4OS+2. The fourth-order valence-electron chi connectivity index (χ4n) is 3.27. The number of carbonyl (C=O) groups is 1. The normalized spacial score (nSPS) is 20.8. The van der Waals surface area contributed by atoms with Gasteiger partial charge < -0.3 is 15.1 Å². The molecule has 6 heteroatoms. The minimum atomic E-state index is -0.0587. The predicted molar refractivity (Wildman–Crippen MR) is 96.4 cm³/mol. The van der Waals surface area contributed by atoms with Crippen molar-refractivity contribution in [2.24, 2.45) is 0 Å². The zero-order chi connectivity index (χ0) is 16.9. The summed E-state index contributed by atoms with van der Waals surface area (Å²) < 4.78 is 0. The van der Waals surface area contributed by atoms with Crippen molar-refractivity contribution in [2.45, 2.75) is 26.9 Å². The van der Waals surface area contributed by atoms with E-state index in [0.29, 0.717) is 5.13 Å². The molecule has 0 saturated carbocycles. The highest BCUT2D eigenvalue weighted by molar-refractivity contribution is 7.13. The average molecular weight is 347 g/mol. The zero-order valence-corrected chi connectivity index (χ0v) is 15.2. The lowest BCUT2D eigenvalue weighted by Crippen LogP contribution is -3.27. The Morgan fingerprint density at radius 2 is 1.92 bits per heavy atom. The second-order valence-corrected chi connectivity index (χ2v) is 7.53. The Hall–Kier alpha value is -1.76. The van der Waals surface area contributed by atoms with Crippen molar-refractivity contribution in [3.8, 4) is 0 Å². The molecule has 3 rings (SSSR count). The molecule has 1 amide bonds. The first kappa shape index (κ1) is 17.1. The number of hydrogen-bond acceptors (Lipinski definition) is 3. The molecule has 2 heterocycles. The van der Waals surface area contributed by atoms with Gasteiger partial charge >= 0.3 is 0 Å². The minimum Gasteiger partial charge on any atom is -0.322 e. The van der Waals surface area contributed by atoms with E-state index in [9.17, 15) is 4.79 Å². The lowest BCUT2D eigenvalue weighted by Gasteiger charge is -2.29. The van der Waals surface area contributed by atoms with Gasteiger partial charge in [0.1, 0.15) is 45.0 Å². The van der Waals surface area contributed by atoms with Gasteiger partial charge in [0.15, 0.2) is 5.13 Å². The van der Waals surface area contributed by atoms with Gasteiger partial charge in [-0.05, 0) is 6.92 Å². The molecule has 128 valence electrons. The van der Waals surface area contributed by atoms with Gasteiger partial charge in [-0.2, -0.15) is 0 Å². The van der Waals surface area contributed by atoms with Crippen LogP contribution in [0.4, 0.5) is 5.13 Å². The number of amides is 1. The highest BCUT2D eigenvalue weighted by atomic mass is 32.1. The Morgan fingerprint density at radius 1 is 1.21 bits per heavy atom. The van der Waals surface area contributed by atoms with Gasteiger partial charge in [0.05, 0.1) is 0 Å². The number of anilines is 1. The molecule has 0 atom stereocenters. The molecule has 1 aliphatic heterocycles. The average Bonchev–Trinajstić information content (AvgIpc) is 2.95. The summed E-state index contributed by atoms with van der Waals surface area (Å²) >= 11 is 1.51. The molecule has 0 aliphatic carbocycles. The number of rotatable bonds is 5. The monoisotopic (exact) mass is 346 g/mol. The van der Waals surface area contributed by atoms with E-state index in [1.165, 1.54) is 55.6 Å². The standard InChI is InChI=1S/C18H24N4OS/c1-14-4-3-5-16(10-14)11-21-6-8-22(9-7-21)12-17-13-24-18(20-17)19-15(2)23/h3-5,10,13H,6-9,11-12H2,1-2H3,(H,19,20,23)/p+2. The number of quaternary nitrogens is 2. The Morgan fingerprint density at radius 3 is 2.58 bits per heavy atom. The maximum atomic E-state index is 11.1. The van der Waals surface area contributed by atoms with Gasteiger partial charge in [0, 0.05) is 17.9 Å². The van der Waals surface area contributed by atoms with Gasteiger partial charge in [-0.3, -0.25) is 4.79 Å². The molecule has 0 radical (unpaired) electrons.